The second-order valence-electron chi connectivity index (χ2n) is 7.34. The minimum Gasteiger partial charge on any atom is -0.479 e. The maximum absolute atomic E-state index is 12.8. The summed E-state index contributed by atoms with van der Waals surface area (Å²) in [6.07, 6.45) is 7.70. The number of nitrogens with zero attached hydrogens (tertiary/aromatic N) is 7. The predicted octanol–water partition coefficient (Wildman–Crippen LogP) is 2.95. The number of fused-ring (bicyclic) bond motifs is 1. The van der Waals surface area contributed by atoms with Crippen molar-refractivity contribution >= 4 is 22.8 Å². The number of rotatable bonds is 7. The number of aromatic nitrogens is 7. The van der Waals surface area contributed by atoms with E-state index in [4.69, 9.17) is 9.15 Å². The van der Waals surface area contributed by atoms with Gasteiger partial charge in [0.05, 0.1) is 31.9 Å². The largest absolute Gasteiger partial charge is 0.479 e. The van der Waals surface area contributed by atoms with E-state index in [9.17, 15) is 4.79 Å². The van der Waals surface area contributed by atoms with Crippen LogP contribution in [0.15, 0.2) is 60.1 Å². The molecule has 0 aliphatic carbocycles. The SMILES string of the molecule is COc1ncnc2ncn(CCn3cc(NC(=O)c4ncoc4-c4cccc(C)c4)cn3)c12. The van der Waals surface area contributed by atoms with E-state index in [2.05, 4.69) is 30.4 Å². The molecule has 166 valence electrons. The van der Waals surface area contributed by atoms with Gasteiger partial charge in [-0.05, 0) is 13.0 Å². The quantitative estimate of drug-likeness (QED) is 0.406. The molecule has 0 aliphatic rings. The fraction of sp³-hybridized carbons (Fsp3) is 0.182. The van der Waals surface area contributed by atoms with Crippen molar-refractivity contribution in [2.45, 2.75) is 20.0 Å². The molecule has 0 fully saturated rings. The molecule has 4 aromatic heterocycles. The van der Waals surface area contributed by atoms with E-state index >= 15 is 0 Å². The molecule has 33 heavy (non-hydrogen) atoms. The summed E-state index contributed by atoms with van der Waals surface area (Å²) in [5.41, 5.74) is 3.90. The maximum atomic E-state index is 12.8. The number of carbonyl (C=O) groups is 1. The highest BCUT2D eigenvalue weighted by molar-refractivity contribution is 6.06. The van der Waals surface area contributed by atoms with Crippen LogP contribution in [0.4, 0.5) is 5.69 Å². The van der Waals surface area contributed by atoms with Gasteiger partial charge in [0.15, 0.2) is 29.0 Å². The van der Waals surface area contributed by atoms with Crippen molar-refractivity contribution in [2.24, 2.45) is 0 Å². The second-order valence-corrected chi connectivity index (χ2v) is 7.34. The van der Waals surface area contributed by atoms with Crippen LogP contribution >= 0.6 is 0 Å². The van der Waals surface area contributed by atoms with Crippen molar-refractivity contribution in [3.05, 3.63) is 67.0 Å². The number of amides is 1. The molecule has 0 bridgehead atoms. The van der Waals surface area contributed by atoms with Gasteiger partial charge in [-0.2, -0.15) is 10.1 Å². The molecule has 4 heterocycles. The van der Waals surface area contributed by atoms with Gasteiger partial charge >= 0.3 is 0 Å². The van der Waals surface area contributed by atoms with Crippen LogP contribution in [-0.4, -0.2) is 47.3 Å². The Balaban J connectivity index is 1.28. The molecule has 1 N–H and O–H groups in total. The predicted molar refractivity (Wildman–Crippen MR) is 119 cm³/mol. The Morgan fingerprint density at radius 3 is 2.94 bits per heavy atom. The average molecular weight is 444 g/mol. The first-order valence-corrected chi connectivity index (χ1v) is 10.2. The first-order valence-electron chi connectivity index (χ1n) is 10.2. The van der Waals surface area contributed by atoms with Crippen molar-refractivity contribution in [3.63, 3.8) is 0 Å². The third-order valence-electron chi connectivity index (χ3n) is 5.09. The number of nitrogens with one attached hydrogen (secondary N) is 1. The van der Waals surface area contributed by atoms with Crippen molar-refractivity contribution < 1.29 is 13.9 Å². The van der Waals surface area contributed by atoms with E-state index in [0.29, 0.717) is 36.1 Å². The molecule has 0 saturated heterocycles. The molecule has 5 rings (SSSR count). The molecule has 1 aromatic carbocycles. The molecule has 0 atom stereocenters. The molecule has 0 unspecified atom stereocenters. The summed E-state index contributed by atoms with van der Waals surface area (Å²) in [5.74, 6) is 0.511. The standard InChI is InChI=1S/C22H20N8O3/c1-14-4-3-5-15(8-14)19-17(26-13-33-19)21(31)28-16-9-27-30(10-16)7-6-29-12-25-20-18(29)22(32-2)24-11-23-20/h3-5,8-13H,6-7H2,1-2H3,(H,28,31). The smallest absolute Gasteiger partial charge is 0.278 e. The number of hydrogen-bond acceptors (Lipinski definition) is 8. The van der Waals surface area contributed by atoms with Gasteiger partial charge < -0.3 is 19.0 Å². The number of aryl methyl sites for hydroxylation is 3. The number of carbonyl (C=O) groups excluding carboxylic acids is 1. The molecule has 0 spiro atoms. The lowest BCUT2D eigenvalue weighted by atomic mass is 10.1. The Kier molecular flexibility index (Phi) is 5.27. The molecule has 11 nitrogen and oxygen atoms in total. The Bertz CT molecular complexity index is 1430. The van der Waals surface area contributed by atoms with E-state index in [1.807, 2.05) is 35.8 Å². The Hall–Kier alpha value is -4.54. The van der Waals surface area contributed by atoms with Crippen molar-refractivity contribution in [2.75, 3.05) is 12.4 Å². The molecule has 11 heteroatoms. The van der Waals surface area contributed by atoms with Crippen molar-refractivity contribution in [1.29, 1.82) is 0 Å². The van der Waals surface area contributed by atoms with Crippen LogP contribution in [0.1, 0.15) is 16.1 Å². The highest BCUT2D eigenvalue weighted by atomic mass is 16.5. The topological polar surface area (TPSA) is 126 Å². The van der Waals surface area contributed by atoms with Crippen LogP contribution < -0.4 is 10.1 Å². The lowest BCUT2D eigenvalue weighted by molar-refractivity contribution is 0.102. The number of ether oxygens (including phenoxy) is 1. The van der Waals surface area contributed by atoms with Crippen LogP contribution in [0.3, 0.4) is 0 Å². The maximum Gasteiger partial charge on any atom is 0.278 e. The lowest BCUT2D eigenvalue weighted by Crippen LogP contribution is -2.13. The van der Waals surface area contributed by atoms with Gasteiger partial charge in [-0.15, -0.1) is 0 Å². The first-order chi connectivity index (χ1) is 16.1. The van der Waals surface area contributed by atoms with E-state index in [0.717, 1.165) is 16.6 Å². The summed E-state index contributed by atoms with van der Waals surface area (Å²) >= 11 is 0. The number of oxazole rings is 1. The third-order valence-corrected chi connectivity index (χ3v) is 5.09. The van der Waals surface area contributed by atoms with Gasteiger partial charge in [-0.1, -0.05) is 23.8 Å². The van der Waals surface area contributed by atoms with Crippen molar-refractivity contribution in [1.82, 2.24) is 34.3 Å². The fourth-order valence-corrected chi connectivity index (χ4v) is 3.55. The molecule has 1 amide bonds. The molecule has 0 aliphatic heterocycles. The number of imidazole rings is 1. The van der Waals surface area contributed by atoms with Crippen LogP contribution in [0.25, 0.3) is 22.5 Å². The van der Waals surface area contributed by atoms with Crippen LogP contribution in [0, 0.1) is 6.92 Å². The zero-order valence-corrected chi connectivity index (χ0v) is 18.0. The number of benzene rings is 1. The highest BCUT2D eigenvalue weighted by Gasteiger charge is 2.19. The number of anilines is 1. The summed E-state index contributed by atoms with van der Waals surface area (Å²) in [6, 6.07) is 7.70. The molecular formula is C22H20N8O3. The first kappa shape index (κ1) is 20.4. The third kappa shape index (κ3) is 4.03. The Morgan fingerprint density at radius 2 is 2.09 bits per heavy atom. The fourth-order valence-electron chi connectivity index (χ4n) is 3.55. The highest BCUT2D eigenvalue weighted by Crippen LogP contribution is 2.25. The zero-order valence-electron chi connectivity index (χ0n) is 18.0. The van der Waals surface area contributed by atoms with Crippen LogP contribution in [0.2, 0.25) is 0 Å². The van der Waals surface area contributed by atoms with Crippen LogP contribution in [-0.2, 0) is 13.1 Å². The average Bonchev–Trinajstić information content (AvgIpc) is 3.57. The minimum atomic E-state index is -0.373. The summed E-state index contributed by atoms with van der Waals surface area (Å²) < 4.78 is 14.4. The Labute approximate surface area is 188 Å². The van der Waals surface area contributed by atoms with E-state index in [1.165, 1.54) is 12.7 Å². The summed E-state index contributed by atoms with van der Waals surface area (Å²) in [7, 11) is 1.56. The molecule has 0 radical (unpaired) electrons. The lowest BCUT2D eigenvalue weighted by Gasteiger charge is -2.06. The second kappa shape index (κ2) is 8.54. The molecular weight excluding hydrogens is 424 g/mol. The van der Waals surface area contributed by atoms with Gasteiger partial charge in [0.25, 0.3) is 5.91 Å². The minimum absolute atomic E-state index is 0.213. The van der Waals surface area contributed by atoms with Gasteiger partial charge in [0.2, 0.25) is 5.88 Å². The van der Waals surface area contributed by atoms with E-state index in [-0.39, 0.29) is 11.6 Å². The van der Waals surface area contributed by atoms with Gasteiger partial charge in [0.1, 0.15) is 6.33 Å². The number of methoxy groups -OCH3 is 1. The summed E-state index contributed by atoms with van der Waals surface area (Å²) in [4.78, 5) is 29.5. The summed E-state index contributed by atoms with van der Waals surface area (Å²) in [6.45, 7) is 3.08. The van der Waals surface area contributed by atoms with Gasteiger partial charge in [0, 0.05) is 18.3 Å². The van der Waals surface area contributed by atoms with Gasteiger partial charge in [-0.3, -0.25) is 9.48 Å². The van der Waals surface area contributed by atoms with Crippen molar-refractivity contribution in [3.8, 4) is 17.2 Å². The monoisotopic (exact) mass is 444 g/mol. The van der Waals surface area contributed by atoms with E-state index in [1.54, 1.807) is 30.5 Å². The molecule has 5 aromatic rings. The zero-order chi connectivity index (χ0) is 22.8. The summed E-state index contributed by atoms with van der Waals surface area (Å²) in [5, 5.41) is 7.15. The van der Waals surface area contributed by atoms with Crippen LogP contribution in [0.5, 0.6) is 5.88 Å². The van der Waals surface area contributed by atoms with E-state index < -0.39 is 0 Å². The Morgan fingerprint density at radius 1 is 1.18 bits per heavy atom. The molecule has 0 saturated carbocycles. The normalized spacial score (nSPS) is 11.1. The van der Waals surface area contributed by atoms with Gasteiger partial charge in [-0.25, -0.2) is 15.0 Å². The number of hydrogen-bond donors (Lipinski definition) is 1.